The van der Waals surface area contributed by atoms with Gasteiger partial charge in [-0.25, -0.2) is 9.97 Å². The van der Waals surface area contributed by atoms with E-state index in [0.717, 1.165) is 20.9 Å². The van der Waals surface area contributed by atoms with E-state index in [1.165, 1.54) is 11.1 Å². The van der Waals surface area contributed by atoms with Crippen molar-refractivity contribution in [3.63, 3.8) is 0 Å². The van der Waals surface area contributed by atoms with Crippen LogP contribution in [-0.4, -0.2) is 9.97 Å². The first-order valence-electron chi connectivity index (χ1n) is 6.25. The Morgan fingerprint density at radius 2 is 1.80 bits per heavy atom. The summed E-state index contributed by atoms with van der Waals surface area (Å²) >= 11 is 3.34. The molecule has 3 heterocycles. The summed E-state index contributed by atoms with van der Waals surface area (Å²) in [4.78, 5) is 11.4. The third-order valence-electron chi connectivity index (χ3n) is 3.16. The molecule has 0 saturated heterocycles. The van der Waals surface area contributed by atoms with E-state index in [1.807, 2.05) is 23.7 Å². The lowest BCUT2D eigenvalue weighted by molar-refractivity contribution is 1.25. The van der Waals surface area contributed by atoms with Crippen molar-refractivity contribution in [3.8, 4) is 21.8 Å². The van der Waals surface area contributed by atoms with Crippen molar-refractivity contribution in [2.45, 2.75) is 0 Å². The number of hydrogen-bond donors (Lipinski definition) is 0. The van der Waals surface area contributed by atoms with E-state index >= 15 is 0 Å². The van der Waals surface area contributed by atoms with E-state index in [0.29, 0.717) is 0 Å². The van der Waals surface area contributed by atoms with Crippen molar-refractivity contribution in [2.24, 2.45) is 0 Å². The quantitative estimate of drug-likeness (QED) is 0.515. The minimum atomic E-state index is 0.814. The predicted molar refractivity (Wildman–Crippen MR) is 86.2 cm³/mol. The molecule has 4 aromatic rings. The van der Waals surface area contributed by atoms with Crippen LogP contribution in [0, 0.1) is 0 Å². The summed E-state index contributed by atoms with van der Waals surface area (Å²) in [6, 6.07) is 14.5. The van der Waals surface area contributed by atoms with Crippen molar-refractivity contribution >= 4 is 32.9 Å². The van der Waals surface area contributed by atoms with Crippen molar-refractivity contribution in [2.75, 3.05) is 0 Å². The van der Waals surface area contributed by atoms with Crippen LogP contribution in [0.15, 0.2) is 59.4 Å². The summed E-state index contributed by atoms with van der Waals surface area (Å²) in [5, 5.41) is 5.33. The average Bonchev–Trinajstić information content (AvgIpc) is 3.17. The summed E-state index contributed by atoms with van der Waals surface area (Å²) in [7, 11) is 0. The van der Waals surface area contributed by atoms with E-state index in [4.69, 9.17) is 0 Å². The molecule has 4 rings (SSSR count). The van der Waals surface area contributed by atoms with Gasteiger partial charge < -0.3 is 0 Å². The van der Waals surface area contributed by atoms with Crippen LogP contribution in [0.25, 0.3) is 32.0 Å². The normalized spacial score (nSPS) is 11.0. The Kier molecular flexibility index (Phi) is 2.83. The van der Waals surface area contributed by atoms with Gasteiger partial charge in [0.1, 0.15) is 4.83 Å². The minimum Gasteiger partial charge on any atom is -0.235 e. The average molecular weight is 294 g/mol. The molecule has 3 aromatic heterocycles. The molecule has 0 amide bonds. The molecule has 20 heavy (non-hydrogen) atoms. The highest BCUT2D eigenvalue weighted by Gasteiger charge is 2.10. The number of aromatic nitrogens is 2. The lowest BCUT2D eigenvalue weighted by Crippen LogP contribution is -1.85. The number of fused-ring (bicyclic) bond motifs is 1. The zero-order valence-corrected chi connectivity index (χ0v) is 12.1. The lowest BCUT2D eigenvalue weighted by atomic mass is 10.1. The highest BCUT2D eigenvalue weighted by atomic mass is 32.1. The highest BCUT2D eigenvalue weighted by molar-refractivity contribution is 7.17. The van der Waals surface area contributed by atoms with Crippen LogP contribution in [0.4, 0.5) is 0 Å². The first kappa shape index (κ1) is 11.8. The Bertz CT molecular complexity index is 849. The summed E-state index contributed by atoms with van der Waals surface area (Å²) in [5.41, 5.74) is 2.43. The number of thiophene rings is 2. The molecular formula is C16H10N2S2. The van der Waals surface area contributed by atoms with Gasteiger partial charge in [-0.05, 0) is 17.0 Å². The SMILES string of the molecule is c1ccc(-c2csc3nc(-c4cccs4)ncc23)cc1. The lowest BCUT2D eigenvalue weighted by Gasteiger charge is -2.00. The van der Waals surface area contributed by atoms with E-state index in [-0.39, 0.29) is 0 Å². The molecule has 2 nitrogen and oxygen atoms in total. The van der Waals surface area contributed by atoms with Gasteiger partial charge in [-0.1, -0.05) is 36.4 Å². The maximum Gasteiger partial charge on any atom is 0.170 e. The number of nitrogens with zero attached hydrogens (tertiary/aromatic N) is 2. The van der Waals surface area contributed by atoms with Crippen molar-refractivity contribution in [3.05, 3.63) is 59.4 Å². The van der Waals surface area contributed by atoms with Gasteiger partial charge in [-0.15, -0.1) is 22.7 Å². The second kappa shape index (κ2) is 4.81. The maximum absolute atomic E-state index is 4.68. The molecule has 0 N–H and O–H groups in total. The van der Waals surface area contributed by atoms with Crippen molar-refractivity contribution in [1.82, 2.24) is 9.97 Å². The second-order valence-corrected chi connectivity index (χ2v) is 6.21. The van der Waals surface area contributed by atoms with Crippen LogP contribution in [-0.2, 0) is 0 Å². The van der Waals surface area contributed by atoms with Gasteiger partial charge >= 0.3 is 0 Å². The molecule has 0 aliphatic rings. The molecule has 0 radical (unpaired) electrons. The molecular weight excluding hydrogens is 284 g/mol. The van der Waals surface area contributed by atoms with Gasteiger partial charge in [0.05, 0.1) is 4.88 Å². The summed E-state index contributed by atoms with van der Waals surface area (Å²) < 4.78 is 0. The summed E-state index contributed by atoms with van der Waals surface area (Å²) in [5.74, 6) is 0.814. The first-order valence-corrected chi connectivity index (χ1v) is 8.01. The molecule has 96 valence electrons. The predicted octanol–water partition coefficient (Wildman–Crippen LogP) is 5.09. The summed E-state index contributed by atoms with van der Waals surface area (Å²) in [6.07, 6.45) is 1.94. The molecule has 0 fully saturated rings. The third kappa shape index (κ3) is 1.94. The molecule has 0 spiro atoms. The Labute approximate surface area is 124 Å². The molecule has 1 aromatic carbocycles. The van der Waals surface area contributed by atoms with E-state index in [1.54, 1.807) is 22.7 Å². The van der Waals surface area contributed by atoms with Crippen LogP contribution in [0.1, 0.15) is 0 Å². The van der Waals surface area contributed by atoms with E-state index in [9.17, 15) is 0 Å². The zero-order valence-electron chi connectivity index (χ0n) is 10.5. The number of rotatable bonds is 2. The molecule has 0 aliphatic carbocycles. The maximum atomic E-state index is 4.68. The minimum absolute atomic E-state index is 0.814. The monoisotopic (exact) mass is 294 g/mol. The van der Waals surface area contributed by atoms with Crippen LogP contribution in [0.2, 0.25) is 0 Å². The van der Waals surface area contributed by atoms with Crippen LogP contribution in [0.3, 0.4) is 0 Å². The largest absolute Gasteiger partial charge is 0.235 e. The standard InChI is InChI=1S/C16H10N2S2/c1-2-5-11(6-3-1)13-10-20-16-12(13)9-17-15(18-16)14-7-4-8-19-14/h1-10H. The fraction of sp³-hybridized carbons (Fsp3) is 0. The van der Waals surface area contributed by atoms with Crippen molar-refractivity contribution in [1.29, 1.82) is 0 Å². The molecule has 0 aliphatic heterocycles. The molecule has 0 atom stereocenters. The second-order valence-electron chi connectivity index (χ2n) is 4.41. The molecule has 4 heteroatoms. The van der Waals surface area contributed by atoms with Crippen LogP contribution < -0.4 is 0 Å². The number of hydrogen-bond acceptors (Lipinski definition) is 4. The van der Waals surface area contributed by atoms with Gasteiger partial charge in [-0.3, -0.25) is 0 Å². The first-order chi connectivity index (χ1) is 9.92. The topological polar surface area (TPSA) is 25.8 Å². The van der Waals surface area contributed by atoms with Gasteiger partial charge in [0.15, 0.2) is 5.82 Å². The van der Waals surface area contributed by atoms with E-state index in [2.05, 4.69) is 45.7 Å². The van der Waals surface area contributed by atoms with E-state index < -0.39 is 0 Å². The zero-order chi connectivity index (χ0) is 13.4. The fourth-order valence-corrected chi connectivity index (χ4v) is 3.77. The third-order valence-corrected chi connectivity index (χ3v) is 4.91. The summed E-state index contributed by atoms with van der Waals surface area (Å²) in [6.45, 7) is 0. The molecule has 0 unspecified atom stereocenters. The Balaban J connectivity index is 1.87. The Hall–Kier alpha value is -2.04. The van der Waals surface area contributed by atoms with Gasteiger partial charge in [0.25, 0.3) is 0 Å². The Morgan fingerprint density at radius 3 is 2.60 bits per heavy atom. The Morgan fingerprint density at radius 1 is 0.900 bits per heavy atom. The van der Waals surface area contributed by atoms with Gasteiger partial charge in [-0.2, -0.15) is 0 Å². The van der Waals surface area contributed by atoms with Crippen molar-refractivity contribution < 1.29 is 0 Å². The molecule has 0 bridgehead atoms. The highest BCUT2D eigenvalue weighted by Crippen LogP contribution is 2.33. The molecule has 0 saturated carbocycles. The van der Waals surface area contributed by atoms with Gasteiger partial charge in [0, 0.05) is 22.5 Å². The number of benzene rings is 1. The van der Waals surface area contributed by atoms with Gasteiger partial charge in [0.2, 0.25) is 0 Å². The van der Waals surface area contributed by atoms with Crippen LogP contribution >= 0.6 is 22.7 Å². The smallest absolute Gasteiger partial charge is 0.170 e. The fourth-order valence-electron chi connectivity index (χ4n) is 2.18. The van der Waals surface area contributed by atoms with Crippen LogP contribution in [0.5, 0.6) is 0 Å².